The molecule has 3 aromatic rings. The van der Waals surface area contributed by atoms with Crippen molar-refractivity contribution in [1.29, 1.82) is 0 Å². The smallest absolute Gasteiger partial charge is 0.296 e. The van der Waals surface area contributed by atoms with Crippen LogP contribution < -0.4 is 4.74 Å². The summed E-state index contributed by atoms with van der Waals surface area (Å²) in [6, 6.07) is 13.5. The van der Waals surface area contributed by atoms with Crippen molar-refractivity contribution in [3.8, 4) is 5.75 Å². The molecule has 0 bridgehead atoms. The number of thiophene rings is 1. The van der Waals surface area contributed by atoms with E-state index in [0.717, 1.165) is 17.7 Å². The van der Waals surface area contributed by atoms with Gasteiger partial charge in [-0.25, -0.2) is 0 Å². The van der Waals surface area contributed by atoms with Gasteiger partial charge >= 0.3 is 0 Å². The van der Waals surface area contributed by atoms with Crippen molar-refractivity contribution >= 4 is 28.8 Å². The number of Topliss-reactive ketones (excluding diaryl/α,β-unsaturated/α-hetero) is 1. The van der Waals surface area contributed by atoms with Crippen LogP contribution in [0, 0.1) is 0 Å². The maximum Gasteiger partial charge on any atom is 0.296 e. The van der Waals surface area contributed by atoms with Gasteiger partial charge in [0.25, 0.3) is 11.7 Å². The van der Waals surface area contributed by atoms with Crippen molar-refractivity contribution in [3.05, 3.63) is 81.9 Å². The number of carbonyl (C=O) groups excluding carboxylic acids is 2. The molecule has 31 heavy (non-hydrogen) atoms. The van der Waals surface area contributed by atoms with Gasteiger partial charge in [-0.3, -0.25) is 9.59 Å². The number of carbonyl (C=O) groups is 2. The maximum absolute atomic E-state index is 13.0. The number of amides is 1. The summed E-state index contributed by atoms with van der Waals surface area (Å²) in [5.41, 5.74) is 0.510. The van der Waals surface area contributed by atoms with Crippen LogP contribution in [0.15, 0.2) is 70.2 Å². The first-order chi connectivity index (χ1) is 15.1. The summed E-state index contributed by atoms with van der Waals surface area (Å²) in [5, 5.41) is 13.0. The van der Waals surface area contributed by atoms with Crippen LogP contribution in [0.25, 0.3) is 5.76 Å². The van der Waals surface area contributed by atoms with Gasteiger partial charge < -0.3 is 19.2 Å². The van der Waals surface area contributed by atoms with Gasteiger partial charge in [-0.05, 0) is 42.1 Å². The molecule has 1 atom stereocenters. The molecule has 0 spiro atoms. The highest BCUT2D eigenvalue weighted by atomic mass is 32.1. The highest BCUT2D eigenvalue weighted by molar-refractivity contribution is 7.10. The zero-order chi connectivity index (χ0) is 21.8. The minimum absolute atomic E-state index is 0.0738. The SMILES string of the molecule is CCCCOc1cccc(C(O)=C2C(=O)C(=O)N(Cc3ccco3)C2c2cccs2)c1. The van der Waals surface area contributed by atoms with Crippen LogP contribution in [-0.2, 0) is 16.1 Å². The average molecular weight is 438 g/mol. The van der Waals surface area contributed by atoms with Crippen LogP contribution in [0.2, 0.25) is 0 Å². The number of benzene rings is 1. The van der Waals surface area contributed by atoms with Crippen LogP contribution in [-0.4, -0.2) is 28.3 Å². The topological polar surface area (TPSA) is 80.0 Å². The Labute approximate surface area is 184 Å². The van der Waals surface area contributed by atoms with Crippen molar-refractivity contribution in [2.24, 2.45) is 0 Å². The lowest BCUT2D eigenvalue weighted by atomic mass is 9.99. The lowest BCUT2D eigenvalue weighted by Crippen LogP contribution is -2.28. The number of aliphatic hydroxyl groups excluding tert-OH is 1. The molecule has 1 unspecified atom stereocenters. The van der Waals surface area contributed by atoms with Crippen LogP contribution in [0.5, 0.6) is 5.75 Å². The Bertz CT molecular complexity index is 1090. The molecule has 0 saturated carbocycles. The molecule has 0 aliphatic carbocycles. The number of ketones is 1. The molecule has 7 heteroatoms. The number of rotatable bonds is 8. The zero-order valence-electron chi connectivity index (χ0n) is 17.1. The first-order valence-electron chi connectivity index (χ1n) is 10.2. The molecule has 160 valence electrons. The van der Waals surface area contributed by atoms with E-state index in [4.69, 9.17) is 9.15 Å². The summed E-state index contributed by atoms with van der Waals surface area (Å²) in [4.78, 5) is 28.1. The van der Waals surface area contributed by atoms with Gasteiger partial charge in [0.15, 0.2) is 0 Å². The van der Waals surface area contributed by atoms with E-state index in [9.17, 15) is 14.7 Å². The van der Waals surface area contributed by atoms with E-state index < -0.39 is 17.7 Å². The van der Waals surface area contributed by atoms with Crippen molar-refractivity contribution < 1.29 is 23.8 Å². The monoisotopic (exact) mass is 437 g/mol. The summed E-state index contributed by atoms with van der Waals surface area (Å²) in [5.74, 6) is -0.407. The highest BCUT2D eigenvalue weighted by Gasteiger charge is 2.46. The highest BCUT2D eigenvalue weighted by Crippen LogP contribution is 2.42. The van der Waals surface area contributed by atoms with Gasteiger partial charge in [0.05, 0.1) is 25.0 Å². The number of hydrogen-bond acceptors (Lipinski definition) is 6. The van der Waals surface area contributed by atoms with Crippen molar-refractivity contribution in [2.45, 2.75) is 32.4 Å². The normalized spacial score (nSPS) is 18.0. The van der Waals surface area contributed by atoms with Gasteiger partial charge in [-0.2, -0.15) is 0 Å². The first-order valence-corrected chi connectivity index (χ1v) is 11.1. The fourth-order valence-corrected chi connectivity index (χ4v) is 4.42. The maximum atomic E-state index is 13.0. The number of unbranched alkanes of at least 4 members (excludes halogenated alkanes) is 1. The Balaban J connectivity index is 1.74. The third-order valence-electron chi connectivity index (χ3n) is 5.13. The van der Waals surface area contributed by atoms with E-state index in [0.29, 0.717) is 23.7 Å². The number of hydrogen-bond donors (Lipinski definition) is 1. The second-order valence-electron chi connectivity index (χ2n) is 7.25. The molecule has 1 aliphatic rings. The van der Waals surface area contributed by atoms with Crippen molar-refractivity contribution in [3.63, 3.8) is 0 Å². The summed E-state index contributed by atoms with van der Waals surface area (Å²) >= 11 is 1.43. The molecule has 1 N–H and O–H groups in total. The lowest BCUT2D eigenvalue weighted by Gasteiger charge is -2.23. The summed E-state index contributed by atoms with van der Waals surface area (Å²) < 4.78 is 11.1. The quantitative estimate of drug-likeness (QED) is 0.228. The minimum Gasteiger partial charge on any atom is -0.507 e. The Morgan fingerprint density at radius 2 is 2.06 bits per heavy atom. The average Bonchev–Trinajstić information content (AvgIpc) is 3.53. The summed E-state index contributed by atoms with van der Waals surface area (Å²) in [6.45, 7) is 2.79. The molecule has 0 radical (unpaired) electrons. The predicted molar refractivity (Wildman–Crippen MR) is 118 cm³/mol. The second-order valence-corrected chi connectivity index (χ2v) is 8.23. The van der Waals surface area contributed by atoms with Gasteiger partial charge in [-0.1, -0.05) is 31.5 Å². The molecule has 2 aromatic heterocycles. The van der Waals surface area contributed by atoms with E-state index in [1.54, 1.807) is 36.4 Å². The second kappa shape index (κ2) is 9.22. The first kappa shape index (κ1) is 20.9. The third-order valence-corrected chi connectivity index (χ3v) is 6.06. The van der Waals surface area contributed by atoms with Gasteiger partial charge in [0, 0.05) is 10.4 Å². The van der Waals surface area contributed by atoms with Crippen LogP contribution in [0.4, 0.5) is 0 Å². The summed E-state index contributed by atoms with van der Waals surface area (Å²) in [6.07, 6.45) is 3.46. The van der Waals surface area contributed by atoms with E-state index in [1.165, 1.54) is 22.5 Å². The molecule has 6 nitrogen and oxygen atoms in total. The van der Waals surface area contributed by atoms with Crippen LogP contribution in [0.3, 0.4) is 0 Å². The van der Waals surface area contributed by atoms with Crippen LogP contribution >= 0.6 is 11.3 Å². The van der Waals surface area contributed by atoms with E-state index in [1.807, 2.05) is 17.5 Å². The number of furan rings is 1. The Morgan fingerprint density at radius 1 is 1.19 bits per heavy atom. The fourth-order valence-electron chi connectivity index (χ4n) is 3.58. The summed E-state index contributed by atoms with van der Waals surface area (Å²) in [7, 11) is 0. The minimum atomic E-state index is -0.709. The van der Waals surface area contributed by atoms with E-state index in [2.05, 4.69) is 6.92 Å². The lowest BCUT2D eigenvalue weighted by molar-refractivity contribution is -0.140. The molecule has 1 amide bonds. The molecule has 1 saturated heterocycles. The molecule has 3 heterocycles. The molecule has 1 fully saturated rings. The van der Waals surface area contributed by atoms with E-state index in [-0.39, 0.29) is 17.9 Å². The van der Waals surface area contributed by atoms with Gasteiger partial charge in [-0.15, -0.1) is 11.3 Å². The molecule has 4 rings (SSSR count). The molecule has 1 aliphatic heterocycles. The largest absolute Gasteiger partial charge is 0.507 e. The van der Waals surface area contributed by atoms with Crippen molar-refractivity contribution in [1.82, 2.24) is 4.90 Å². The van der Waals surface area contributed by atoms with Crippen molar-refractivity contribution in [2.75, 3.05) is 6.61 Å². The fraction of sp³-hybridized carbons (Fsp3) is 0.250. The Kier molecular flexibility index (Phi) is 6.23. The third kappa shape index (κ3) is 4.27. The number of ether oxygens (including phenoxy) is 1. The Hall–Kier alpha value is -3.32. The van der Waals surface area contributed by atoms with E-state index >= 15 is 0 Å². The van der Waals surface area contributed by atoms with Gasteiger partial charge in [0.1, 0.15) is 23.3 Å². The number of likely N-dealkylation sites (tertiary alicyclic amines) is 1. The Morgan fingerprint density at radius 3 is 2.77 bits per heavy atom. The molecular weight excluding hydrogens is 414 g/mol. The molecular formula is C24H23NO5S. The number of nitrogens with zero attached hydrogens (tertiary/aromatic N) is 1. The predicted octanol–water partition coefficient (Wildman–Crippen LogP) is 5.14. The zero-order valence-corrected chi connectivity index (χ0v) is 17.9. The molecule has 1 aromatic carbocycles. The number of aliphatic hydroxyl groups is 1. The van der Waals surface area contributed by atoms with Crippen LogP contribution in [0.1, 0.15) is 42.0 Å². The standard InChI is InChI=1S/C24H23NO5S/c1-2-3-11-29-17-8-4-7-16(14-17)22(26)20-21(19-10-6-13-31-19)25(24(28)23(20)27)15-18-9-5-12-30-18/h4-10,12-14,21,26H,2-3,11,15H2,1H3. The van der Waals surface area contributed by atoms with Gasteiger partial charge in [0.2, 0.25) is 0 Å².